The molecule has 3 aliphatic rings. The maximum Gasteiger partial charge on any atom is 0.407 e. The Kier molecular flexibility index (Phi) is 6.08. The van der Waals surface area contributed by atoms with Crippen LogP contribution in [0.4, 0.5) is 4.79 Å². The lowest BCUT2D eigenvalue weighted by atomic mass is 9.79. The largest absolute Gasteiger partial charge is 0.442 e. The fourth-order valence-corrected chi connectivity index (χ4v) is 6.16. The Labute approximate surface area is 207 Å². The molecule has 1 aromatic carbocycles. The number of piperidine rings is 1. The molecule has 2 aliphatic heterocycles. The highest BCUT2D eigenvalue weighted by molar-refractivity contribution is 7.11. The van der Waals surface area contributed by atoms with Crippen LogP contribution in [0, 0.1) is 5.41 Å². The van der Waals surface area contributed by atoms with Crippen LogP contribution in [0.25, 0.3) is 0 Å². The fourth-order valence-electron chi connectivity index (χ4n) is 4.88. The van der Waals surface area contributed by atoms with E-state index in [0.29, 0.717) is 18.5 Å². The first-order chi connectivity index (χ1) is 16.7. The molecule has 2 N–H and O–H groups in total. The SMILES string of the molecule is CC1(C)CCc2nc(COC(=O)NCc3ccc4c(c3)C(=O)N(C3CCC(=O)NC3=O)C4)sc2C1. The van der Waals surface area contributed by atoms with Gasteiger partial charge in [0.15, 0.2) is 0 Å². The third-order valence-corrected chi connectivity index (χ3v) is 7.93. The Morgan fingerprint density at radius 2 is 2.11 bits per heavy atom. The molecular weight excluding hydrogens is 468 g/mol. The first kappa shape index (κ1) is 23.5. The molecule has 184 valence electrons. The zero-order valence-corrected chi connectivity index (χ0v) is 20.6. The van der Waals surface area contributed by atoms with Gasteiger partial charge in [-0.3, -0.25) is 19.7 Å². The van der Waals surface area contributed by atoms with Crippen LogP contribution >= 0.6 is 11.3 Å². The third kappa shape index (κ3) is 4.93. The average Bonchev–Trinajstić information content (AvgIpc) is 3.35. The lowest BCUT2D eigenvalue weighted by molar-refractivity contribution is -0.136. The number of aryl methyl sites for hydroxylation is 1. The predicted molar refractivity (Wildman–Crippen MR) is 127 cm³/mol. The van der Waals surface area contributed by atoms with Crippen molar-refractivity contribution in [2.24, 2.45) is 5.41 Å². The molecular formula is C25H28N4O5S. The van der Waals surface area contributed by atoms with Crippen LogP contribution in [0.2, 0.25) is 0 Å². The maximum atomic E-state index is 12.9. The molecule has 1 fully saturated rings. The summed E-state index contributed by atoms with van der Waals surface area (Å²) in [6, 6.07) is 4.77. The predicted octanol–water partition coefficient (Wildman–Crippen LogP) is 2.85. The van der Waals surface area contributed by atoms with Gasteiger partial charge in [-0.1, -0.05) is 26.0 Å². The van der Waals surface area contributed by atoms with Crippen molar-refractivity contribution in [2.45, 2.75) is 71.7 Å². The Bertz CT molecular complexity index is 1220. The molecule has 1 unspecified atom stereocenters. The molecule has 0 spiro atoms. The summed E-state index contributed by atoms with van der Waals surface area (Å²) in [7, 11) is 0. The highest BCUT2D eigenvalue weighted by Crippen LogP contribution is 2.37. The van der Waals surface area contributed by atoms with Gasteiger partial charge < -0.3 is 15.0 Å². The number of carbonyl (C=O) groups is 4. The number of nitrogens with zero attached hydrogens (tertiary/aromatic N) is 2. The number of fused-ring (bicyclic) bond motifs is 2. The number of imide groups is 1. The lowest BCUT2D eigenvalue weighted by Gasteiger charge is -2.29. The van der Waals surface area contributed by atoms with Crippen molar-refractivity contribution in [2.75, 3.05) is 0 Å². The second kappa shape index (κ2) is 9.07. The summed E-state index contributed by atoms with van der Waals surface area (Å²) in [6.07, 6.45) is 3.07. The van der Waals surface area contributed by atoms with E-state index >= 15 is 0 Å². The van der Waals surface area contributed by atoms with Gasteiger partial charge in [-0.2, -0.15) is 0 Å². The second-order valence-corrected chi connectivity index (χ2v) is 11.3. The van der Waals surface area contributed by atoms with Crippen molar-refractivity contribution in [3.63, 3.8) is 0 Å². The van der Waals surface area contributed by atoms with Crippen LogP contribution in [-0.2, 0) is 46.9 Å². The summed E-state index contributed by atoms with van der Waals surface area (Å²) in [5, 5.41) is 5.83. The summed E-state index contributed by atoms with van der Waals surface area (Å²) < 4.78 is 5.36. The molecule has 2 aromatic rings. The lowest BCUT2D eigenvalue weighted by Crippen LogP contribution is -2.52. The van der Waals surface area contributed by atoms with Crippen molar-refractivity contribution in [3.05, 3.63) is 50.5 Å². The summed E-state index contributed by atoms with van der Waals surface area (Å²) in [5.41, 5.74) is 3.50. The average molecular weight is 497 g/mol. The molecule has 35 heavy (non-hydrogen) atoms. The number of amides is 4. The minimum Gasteiger partial charge on any atom is -0.442 e. The third-order valence-electron chi connectivity index (χ3n) is 6.86. The molecule has 1 atom stereocenters. The van der Waals surface area contributed by atoms with Gasteiger partial charge in [0.1, 0.15) is 17.7 Å². The van der Waals surface area contributed by atoms with Crippen LogP contribution in [-0.4, -0.2) is 39.7 Å². The summed E-state index contributed by atoms with van der Waals surface area (Å²) in [4.78, 5) is 56.2. The van der Waals surface area contributed by atoms with Crippen molar-refractivity contribution in [1.29, 1.82) is 0 Å². The normalized spacial score (nSPS) is 20.8. The molecule has 1 saturated heterocycles. The van der Waals surface area contributed by atoms with Gasteiger partial charge in [-0.15, -0.1) is 11.3 Å². The summed E-state index contributed by atoms with van der Waals surface area (Å²) >= 11 is 1.61. The summed E-state index contributed by atoms with van der Waals surface area (Å²) in [5.74, 6) is -0.985. The second-order valence-electron chi connectivity index (χ2n) is 10.1. The number of nitrogens with one attached hydrogen (secondary N) is 2. The first-order valence-corrected chi connectivity index (χ1v) is 12.6. The fraction of sp³-hybridized carbons (Fsp3) is 0.480. The molecule has 5 rings (SSSR count). The van der Waals surface area contributed by atoms with Gasteiger partial charge >= 0.3 is 6.09 Å². The smallest absolute Gasteiger partial charge is 0.407 e. The minimum absolute atomic E-state index is 0.132. The number of rotatable bonds is 5. The number of carbonyl (C=O) groups excluding carboxylic acids is 4. The number of ether oxygens (including phenoxy) is 1. The van der Waals surface area contributed by atoms with E-state index in [0.717, 1.165) is 41.1 Å². The molecule has 1 aromatic heterocycles. The Morgan fingerprint density at radius 1 is 1.29 bits per heavy atom. The zero-order valence-electron chi connectivity index (χ0n) is 19.8. The Hall–Kier alpha value is -3.27. The van der Waals surface area contributed by atoms with Crippen molar-refractivity contribution < 1.29 is 23.9 Å². The van der Waals surface area contributed by atoms with E-state index in [-0.39, 0.29) is 36.8 Å². The number of alkyl carbamates (subject to hydrolysis) is 1. The number of hydrogen-bond acceptors (Lipinski definition) is 7. The zero-order chi connectivity index (χ0) is 24.7. The van der Waals surface area contributed by atoms with Crippen molar-refractivity contribution >= 4 is 35.2 Å². The van der Waals surface area contributed by atoms with Gasteiger partial charge in [-0.05, 0) is 48.3 Å². The van der Waals surface area contributed by atoms with Crippen LogP contribution < -0.4 is 10.6 Å². The van der Waals surface area contributed by atoms with Crippen molar-refractivity contribution in [1.82, 2.24) is 20.5 Å². The Balaban J connectivity index is 1.14. The van der Waals surface area contributed by atoms with E-state index in [1.54, 1.807) is 17.4 Å². The highest BCUT2D eigenvalue weighted by Gasteiger charge is 2.39. The van der Waals surface area contributed by atoms with Gasteiger partial charge in [0.05, 0.1) is 5.69 Å². The molecule has 0 radical (unpaired) electrons. The van der Waals surface area contributed by atoms with Gasteiger partial charge in [0, 0.05) is 30.0 Å². The van der Waals surface area contributed by atoms with E-state index in [1.807, 2.05) is 12.1 Å². The number of benzene rings is 1. The van der Waals surface area contributed by atoms with Gasteiger partial charge in [-0.25, -0.2) is 9.78 Å². The van der Waals surface area contributed by atoms with Crippen LogP contribution in [0.1, 0.15) is 70.2 Å². The van der Waals surface area contributed by atoms with E-state index < -0.39 is 18.0 Å². The Morgan fingerprint density at radius 3 is 2.91 bits per heavy atom. The molecule has 0 bridgehead atoms. The molecule has 1 aliphatic carbocycles. The molecule has 3 heterocycles. The quantitative estimate of drug-likeness (QED) is 0.615. The van der Waals surface area contributed by atoms with E-state index in [9.17, 15) is 19.2 Å². The number of thiazole rings is 1. The van der Waals surface area contributed by atoms with Gasteiger partial charge in [0.25, 0.3) is 5.91 Å². The number of hydrogen-bond donors (Lipinski definition) is 2. The standard InChI is InChI=1S/C25H28N4O5S/c1-25(2)8-7-17-19(10-25)35-21(27-17)13-34-24(33)26-11-14-3-4-15-12-29(23(32)16(15)9-14)18-5-6-20(30)28-22(18)31/h3-4,9,18H,5-8,10-13H2,1-2H3,(H,26,33)(H,28,30,31). The van der Waals surface area contributed by atoms with E-state index in [4.69, 9.17) is 4.74 Å². The van der Waals surface area contributed by atoms with Crippen LogP contribution in [0.15, 0.2) is 18.2 Å². The molecule has 0 saturated carbocycles. The van der Waals surface area contributed by atoms with Crippen molar-refractivity contribution in [3.8, 4) is 0 Å². The van der Waals surface area contributed by atoms with E-state index in [2.05, 4.69) is 29.5 Å². The molecule has 10 heteroatoms. The highest BCUT2D eigenvalue weighted by atomic mass is 32.1. The first-order valence-electron chi connectivity index (χ1n) is 11.8. The number of aromatic nitrogens is 1. The van der Waals surface area contributed by atoms with Gasteiger partial charge in [0.2, 0.25) is 11.8 Å². The van der Waals surface area contributed by atoms with E-state index in [1.165, 1.54) is 9.78 Å². The monoisotopic (exact) mass is 496 g/mol. The summed E-state index contributed by atoms with van der Waals surface area (Å²) in [6.45, 7) is 5.19. The van der Waals surface area contributed by atoms with Crippen LogP contribution in [0.5, 0.6) is 0 Å². The maximum absolute atomic E-state index is 12.9. The topological polar surface area (TPSA) is 118 Å². The van der Waals surface area contributed by atoms with Crippen LogP contribution in [0.3, 0.4) is 0 Å². The molecule has 9 nitrogen and oxygen atoms in total. The molecule has 4 amide bonds. The minimum atomic E-state index is -0.647.